The maximum absolute atomic E-state index is 12.4. The van der Waals surface area contributed by atoms with Gasteiger partial charge in [-0.2, -0.15) is 5.10 Å². The van der Waals surface area contributed by atoms with Gasteiger partial charge < -0.3 is 15.7 Å². The van der Waals surface area contributed by atoms with E-state index in [1.54, 1.807) is 18.2 Å². The smallest absolute Gasteiger partial charge is 0.272 e. The second kappa shape index (κ2) is 6.81. The maximum atomic E-state index is 12.4. The molecule has 0 saturated heterocycles. The predicted molar refractivity (Wildman–Crippen MR) is 85.2 cm³/mol. The zero-order valence-corrected chi connectivity index (χ0v) is 13.0. The standard InChI is InChI=1S/C15H18N4O2.ClH/c1-9(10-3-2-4-11(20)7-10)17-15(21)14-12-8-16-6-5-13(12)18-19-14;/h2-4,7,9,16,20H,5-6,8H2,1H3,(H,17,21)(H,18,19);1H. The number of phenolic OH excluding ortho intramolecular Hbond substituents is 1. The predicted octanol–water partition coefficient (Wildman–Crippen LogP) is 1.67. The highest BCUT2D eigenvalue weighted by molar-refractivity contribution is 5.94. The molecule has 2 aromatic rings. The number of carbonyl (C=O) groups is 1. The lowest BCUT2D eigenvalue weighted by Crippen LogP contribution is -2.30. The summed E-state index contributed by atoms with van der Waals surface area (Å²) in [6, 6.07) is 6.67. The van der Waals surface area contributed by atoms with E-state index in [0.29, 0.717) is 12.2 Å². The molecule has 0 spiro atoms. The van der Waals surface area contributed by atoms with Crippen molar-refractivity contribution in [3.63, 3.8) is 0 Å². The molecule has 1 aromatic heterocycles. The van der Waals surface area contributed by atoms with Crippen LogP contribution in [-0.4, -0.2) is 27.8 Å². The van der Waals surface area contributed by atoms with Crippen molar-refractivity contribution < 1.29 is 9.90 Å². The van der Waals surface area contributed by atoms with Gasteiger partial charge in [-0.15, -0.1) is 12.4 Å². The second-order valence-electron chi connectivity index (χ2n) is 5.25. The molecule has 6 nitrogen and oxygen atoms in total. The number of hydrogen-bond donors (Lipinski definition) is 4. The van der Waals surface area contributed by atoms with Gasteiger partial charge in [-0.3, -0.25) is 9.89 Å². The number of amides is 1. The molecule has 3 rings (SSSR count). The highest BCUT2D eigenvalue weighted by atomic mass is 35.5. The van der Waals surface area contributed by atoms with Crippen LogP contribution in [0.3, 0.4) is 0 Å². The summed E-state index contributed by atoms with van der Waals surface area (Å²) in [6.07, 6.45) is 0.859. The Morgan fingerprint density at radius 1 is 1.45 bits per heavy atom. The highest BCUT2D eigenvalue weighted by Crippen LogP contribution is 2.20. The Balaban J connectivity index is 0.00000176. The van der Waals surface area contributed by atoms with Gasteiger partial charge in [-0.1, -0.05) is 12.1 Å². The summed E-state index contributed by atoms with van der Waals surface area (Å²) in [6.45, 7) is 3.44. The summed E-state index contributed by atoms with van der Waals surface area (Å²) in [4.78, 5) is 12.4. The third kappa shape index (κ3) is 3.23. The summed E-state index contributed by atoms with van der Waals surface area (Å²) in [5.41, 5.74) is 3.28. The van der Waals surface area contributed by atoms with E-state index in [0.717, 1.165) is 29.8 Å². The minimum absolute atomic E-state index is 0. The van der Waals surface area contributed by atoms with E-state index in [2.05, 4.69) is 20.8 Å². The minimum Gasteiger partial charge on any atom is -0.508 e. The van der Waals surface area contributed by atoms with E-state index in [4.69, 9.17) is 0 Å². The number of aromatic hydroxyl groups is 1. The number of halogens is 1. The Morgan fingerprint density at radius 2 is 2.27 bits per heavy atom. The number of H-pyrrole nitrogens is 1. The van der Waals surface area contributed by atoms with E-state index in [9.17, 15) is 9.90 Å². The third-order valence-corrected chi connectivity index (χ3v) is 3.74. The highest BCUT2D eigenvalue weighted by Gasteiger charge is 2.22. The first-order chi connectivity index (χ1) is 10.1. The minimum atomic E-state index is -0.202. The van der Waals surface area contributed by atoms with Crippen LogP contribution < -0.4 is 10.6 Å². The molecule has 2 heterocycles. The van der Waals surface area contributed by atoms with Gasteiger partial charge in [0.25, 0.3) is 5.91 Å². The molecule has 1 atom stereocenters. The van der Waals surface area contributed by atoms with Crippen LogP contribution in [0.1, 0.15) is 40.3 Å². The van der Waals surface area contributed by atoms with Crippen molar-refractivity contribution in [2.45, 2.75) is 25.9 Å². The number of phenols is 1. The lowest BCUT2D eigenvalue weighted by Gasteiger charge is -2.16. The molecular weight excluding hydrogens is 304 g/mol. The lowest BCUT2D eigenvalue weighted by atomic mass is 10.1. The van der Waals surface area contributed by atoms with Crippen molar-refractivity contribution in [3.8, 4) is 5.75 Å². The number of carbonyl (C=O) groups excluding carboxylic acids is 1. The maximum Gasteiger partial charge on any atom is 0.272 e. The first-order valence-electron chi connectivity index (χ1n) is 7.02. The van der Waals surface area contributed by atoms with Crippen LogP contribution in [0.4, 0.5) is 0 Å². The summed E-state index contributed by atoms with van der Waals surface area (Å²) in [5.74, 6) is -0.0120. The molecule has 4 N–H and O–H groups in total. The zero-order valence-electron chi connectivity index (χ0n) is 12.2. The van der Waals surface area contributed by atoms with Crippen molar-refractivity contribution in [3.05, 3.63) is 46.8 Å². The topological polar surface area (TPSA) is 90.0 Å². The Kier molecular flexibility index (Phi) is 5.05. The molecule has 1 aliphatic heterocycles. The molecule has 0 radical (unpaired) electrons. The lowest BCUT2D eigenvalue weighted by molar-refractivity contribution is 0.0933. The largest absolute Gasteiger partial charge is 0.508 e. The first kappa shape index (κ1) is 16.3. The number of nitrogens with one attached hydrogen (secondary N) is 3. The number of nitrogens with zero attached hydrogens (tertiary/aromatic N) is 1. The molecule has 0 bridgehead atoms. The molecular formula is C15H19ClN4O2. The van der Waals surface area contributed by atoms with Crippen LogP contribution in [0.2, 0.25) is 0 Å². The van der Waals surface area contributed by atoms with Gasteiger partial charge in [0, 0.05) is 30.8 Å². The fourth-order valence-electron chi connectivity index (χ4n) is 2.56. The van der Waals surface area contributed by atoms with Crippen molar-refractivity contribution in [1.82, 2.24) is 20.8 Å². The van der Waals surface area contributed by atoms with Crippen molar-refractivity contribution >= 4 is 18.3 Å². The first-order valence-corrected chi connectivity index (χ1v) is 7.02. The number of aromatic nitrogens is 2. The van der Waals surface area contributed by atoms with Crippen LogP contribution in [0.25, 0.3) is 0 Å². The fraction of sp³-hybridized carbons (Fsp3) is 0.333. The summed E-state index contributed by atoms with van der Waals surface area (Å²) in [7, 11) is 0. The SMILES string of the molecule is CC(NC(=O)c1n[nH]c2c1CNCC2)c1cccc(O)c1.Cl. The molecule has 1 aromatic carbocycles. The average Bonchev–Trinajstić information content (AvgIpc) is 2.91. The Labute approximate surface area is 134 Å². The zero-order chi connectivity index (χ0) is 14.8. The normalized spacial score (nSPS) is 14.6. The van der Waals surface area contributed by atoms with Crippen LogP contribution in [0.5, 0.6) is 5.75 Å². The summed E-state index contributed by atoms with van der Waals surface area (Å²) >= 11 is 0. The van der Waals surface area contributed by atoms with Crippen LogP contribution in [0.15, 0.2) is 24.3 Å². The third-order valence-electron chi connectivity index (χ3n) is 3.74. The number of hydrogen-bond acceptors (Lipinski definition) is 4. The van der Waals surface area contributed by atoms with E-state index in [1.165, 1.54) is 0 Å². The average molecular weight is 323 g/mol. The quantitative estimate of drug-likeness (QED) is 0.692. The molecule has 1 amide bonds. The van der Waals surface area contributed by atoms with Crippen LogP contribution >= 0.6 is 12.4 Å². The molecule has 1 aliphatic rings. The molecule has 118 valence electrons. The molecule has 0 saturated carbocycles. The molecule has 7 heteroatoms. The number of fused-ring (bicyclic) bond motifs is 1. The van der Waals surface area contributed by atoms with Gasteiger partial charge in [0.2, 0.25) is 0 Å². The van der Waals surface area contributed by atoms with Gasteiger partial charge >= 0.3 is 0 Å². The number of benzene rings is 1. The van der Waals surface area contributed by atoms with E-state index < -0.39 is 0 Å². The second-order valence-corrected chi connectivity index (χ2v) is 5.25. The van der Waals surface area contributed by atoms with Crippen LogP contribution in [0, 0.1) is 0 Å². The number of rotatable bonds is 3. The molecule has 0 fully saturated rings. The Bertz CT molecular complexity index is 671. The van der Waals surface area contributed by atoms with Gasteiger partial charge in [-0.05, 0) is 24.6 Å². The summed E-state index contributed by atoms with van der Waals surface area (Å²) < 4.78 is 0. The fourth-order valence-corrected chi connectivity index (χ4v) is 2.56. The van der Waals surface area contributed by atoms with E-state index in [1.807, 2.05) is 13.0 Å². The summed E-state index contributed by atoms with van der Waals surface area (Å²) in [5, 5.41) is 22.7. The van der Waals surface area contributed by atoms with Gasteiger partial charge in [0.15, 0.2) is 5.69 Å². The van der Waals surface area contributed by atoms with Crippen molar-refractivity contribution in [1.29, 1.82) is 0 Å². The van der Waals surface area contributed by atoms with E-state index >= 15 is 0 Å². The molecule has 1 unspecified atom stereocenters. The Morgan fingerprint density at radius 3 is 3.05 bits per heavy atom. The van der Waals surface area contributed by atoms with Gasteiger partial charge in [-0.25, -0.2) is 0 Å². The molecule has 22 heavy (non-hydrogen) atoms. The van der Waals surface area contributed by atoms with E-state index in [-0.39, 0.29) is 30.1 Å². The number of aromatic amines is 1. The molecule has 0 aliphatic carbocycles. The van der Waals surface area contributed by atoms with Gasteiger partial charge in [0.05, 0.1) is 6.04 Å². The Hall–Kier alpha value is -2.05. The van der Waals surface area contributed by atoms with Crippen LogP contribution in [-0.2, 0) is 13.0 Å². The monoisotopic (exact) mass is 322 g/mol. The van der Waals surface area contributed by atoms with Crippen molar-refractivity contribution in [2.24, 2.45) is 0 Å². The van der Waals surface area contributed by atoms with Gasteiger partial charge in [0.1, 0.15) is 5.75 Å². The van der Waals surface area contributed by atoms with Crippen molar-refractivity contribution in [2.75, 3.05) is 6.54 Å².